The van der Waals surface area contributed by atoms with E-state index in [0.29, 0.717) is 12.1 Å². The molecule has 0 unspecified atom stereocenters. The molecular formula is C8H6F2O3. The van der Waals surface area contributed by atoms with Crippen LogP contribution < -0.4 is 4.74 Å². The first-order valence-corrected chi connectivity index (χ1v) is 3.37. The minimum atomic E-state index is -1.16. The zero-order chi connectivity index (χ0) is 10.0. The second-order valence-electron chi connectivity index (χ2n) is 2.33. The van der Waals surface area contributed by atoms with Crippen LogP contribution in [0.3, 0.4) is 0 Å². The number of phenolic OH excluding ortho intramolecular Hbond substituents is 1. The number of carbonyl (C=O) groups is 1. The number of halogens is 2. The number of hydrogen-bond acceptors (Lipinski definition) is 3. The van der Waals surface area contributed by atoms with Gasteiger partial charge in [0.05, 0.1) is 0 Å². The first kappa shape index (κ1) is 9.44. The molecule has 5 heteroatoms. The molecule has 3 nitrogen and oxygen atoms in total. The van der Waals surface area contributed by atoms with Gasteiger partial charge in [-0.25, -0.2) is 4.39 Å². The predicted octanol–water partition coefficient (Wildman–Crippen LogP) is 1.60. The Labute approximate surface area is 72.6 Å². The summed E-state index contributed by atoms with van der Waals surface area (Å²) in [6.07, 6.45) is 0. The number of aromatic hydroxyl groups is 1. The van der Waals surface area contributed by atoms with Crippen LogP contribution >= 0.6 is 0 Å². The van der Waals surface area contributed by atoms with Gasteiger partial charge in [0, 0.05) is 19.1 Å². The molecular weight excluding hydrogens is 182 g/mol. The molecule has 1 aromatic carbocycles. The third-order valence-electron chi connectivity index (χ3n) is 1.24. The van der Waals surface area contributed by atoms with Crippen molar-refractivity contribution in [1.29, 1.82) is 0 Å². The quantitative estimate of drug-likeness (QED) is 0.537. The van der Waals surface area contributed by atoms with Crippen molar-refractivity contribution in [1.82, 2.24) is 0 Å². The van der Waals surface area contributed by atoms with Gasteiger partial charge in [-0.05, 0) is 0 Å². The molecule has 0 bridgehead atoms. The van der Waals surface area contributed by atoms with E-state index in [2.05, 4.69) is 4.74 Å². The van der Waals surface area contributed by atoms with Crippen molar-refractivity contribution in [2.75, 3.05) is 0 Å². The summed E-state index contributed by atoms with van der Waals surface area (Å²) in [5.74, 6) is -4.34. The summed E-state index contributed by atoms with van der Waals surface area (Å²) in [5, 5.41) is 8.79. The van der Waals surface area contributed by atoms with Crippen LogP contribution in [0.15, 0.2) is 12.1 Å². The van der Waals surface area contributed by atoms with E-state index in [1.165, 1.54) is 0 Å². The lowest BCUT2D eigenvalue weighted by atomic mass is 10.3. The second-order valence-corrected chi connectivity index (χ2v) is 2.33. The maximum Gasteiger partial charge on any atom is 0.308 e. The number of ether oxygens (including phenoxy) is 1. The molecule has 0 radical (unpaired) electrons. The monoisotopic (exact) mass is 188 g/mol. The molecule has 1 aromatic rings. The molecule has 0 fully saturated rings. The van der Waals surface area contributed by atoms with Crippen LogP contribution in [0.4, 0.5) is 8.78 Å². The van der Waals surface area contributed by atoms with Crippen LogP contribution in [0, 0.1) is 11.6 Å². The first-order chi connectivity index (χ1) is 6.00. The van der Waals surface area contributed by atoms with E-state index >= 15 is 0 Å². The predicted molar refractivity (Wildman–Crippen MR) is 39.3 cm³/mol. The molecule has 70 valence electrons. The molecule has 0 aromatic heterocycles. The Morgan fingerprint density at radius 1 is 1.46 bits per heavy atom. The summed E-state index contributed by atoms with van der Waals surface area (Å²) in [6.45, 7) is 1.04. The Hall–Kier alpha value is -1.65. The number of carbonyl (C=O) groups excluding carboxylic acids is 1. The highest BCUT2D eigenvalue weighted by atomic mass is 19.1. The van der Waals surface area contributed by atoms with Crippen molar-refractivity contribution in [3.05, 3.63) is 23.8 Å². The molecule has 0 spiro atoms. The third kappa shape index (κ3) is 2.14. The Morgan fingerprint density at radius 3 is 2.62 bits per heavy atom. The molecule has 0 heterocycles. The van der Waals surface area contributed by atoms with E-state index in [-0.39, 0.29) is 0 Å². The smallest absolute Gasteiger partial charge is 0.308 e. The molecule has 13 heavy (non-hydrogen) atoms. The standard InChI is InChI=1S/C8H6F2O3/c1-4(11)13-7-3-5(9)2-6(12)8(7)10/h2-3,12H,1H3. The highest BCUT2D eigenvalue weighted by molar-refractivity contribution is 5.69. The zero-order valence-corrected chi connectivity index (χ0v) is 6.67. The van der Waals surface area contributed by atoms with Gasteiger partial charge in [0.2, 0.25) is 5.82 Å². The van der Waals surface area contributed by atoms with E-state index in [1.807, 2.05) is 0 Å². The molecule has 1 N–H and O–H groups in total. The van der Waals surface area contributed by atoms with Gasteiger partial charge in [-0.1, -0.05) is 0 Å². The van der Waals surface area contributed by atoms with Crippen molar-refractivity contribution < 1.29 is 23.4 Å². The molecule has 0 aliphatic rings. The van der Waals surface area contributed by atoms with Crippen molar-refractivity contribution in [3.63, 3.8) is 0 Å². The van der Waals surface area contributed by atoms with Crippen LogP contribution in [-0.2, 0) is 4.79 Å². The SMILES string of the molecule is CC(=O)Oc1cc(F)cc(O)c1F. The van der Waals surface area contributed by atoms with Gasteiger partial charge >= 0.3 is 5.97 Å². The Bertz CT molecular complexity index is 349. The fraction of sp³-hybridized carbons (Fsp3) is 0.125. The average Bonchev–Trinajstić information content (AvgIpc) is 1.98. The normalized spacial score (nSPS) is 9.77. The minimum absolute atomic E-state index is 0.586. The molecule has 1 rings (SSSR count). The summed E-state index contributed by atoms with van der Waals surface area (Å²) in [7, 11) is 0. The molecule has 0 saturated carbocycles. The number of rotatable bonds is 1. The van der Waals surface area contributed by atoms with E-state index in [1.54, 1.807) is 0 Å². The summed E-state index contributed by atoms with van der Waals surface area (Å²) in [5.41, 5.74) is 0. The molecule has 0 amide bonds. The molecule has 0 aliphatic heterocycles. The zero-order valence-electron chi connectivity index (χ0n) is 6.67. The Morgan fingerprint density at radius 2 is 2.08 bits per heavy atom. The van der Waals surface area contributed by atoms with Crippen LogP contribution in [0.2, 0.25) is 0 Å². The number of esters is 1. The fourth-order valence-electron chi connectivity index (χ4n) is 0.780. The van der Waals surface area contributed by atoms with E-state index in [4.69, 9.17) is 5.11 Å². The van der Waals surface area contributed by atoms with Gasteiger partial charge in [-0.15, -0.1) is 0 Å². The third-order valence-corrected chi connectivity index (χ3v) is 1.24. The van der Waals surface area contributed by atoms with Crippen LogP contribution in [0.1, 0.15) is 6.92 Å². The van der Waals surface area contributed by atoms with Gasteiger partial charge < -0.3 is 9.84 Å². The van der Waals surface area contributed by atoms with E-state index in [0.717, 1.165) is 6.92 Å². The number of phenols is 1. The minimum Gasteiger partial charge on any atom is -0.505 e. The molecule has 0 aliphatic carbocycles. The van der Waals surface area contributed by atoms with Crippen molar-refractivity contribution in [2.45, 2.75) is 6.92 Å². The lowest BCUT2D eigenvalue weighted by Crippen LogP contribution is -2.03. The van der Waals surface area contributed by atoms with Gasteiger partial charge in [-0.3, -0.25) is 4.79 Å². The lowest BCUT2D eigenvalue weighted by Gasteiger charge is -2.03. The first-order valence-electron chi connectivity index (χ1n) is 3.37. The lowest BCUT2D eigenvalue weighted by molar-refractivity contribution is -0.132. The Kier molecular flexibility index (Phi) is 2.46. The number of benzene rings is 1. The summed E-state index contributed by atoms with van der Waals surface area (Å²) < 4.78 is 29.7. The van der Waals surface area contributed by atoms with Crippen LogP contribution in [0.25, 0.3) is 0 Å². The Balaban J connectivity index is 3.12. The maximum atomic E-state index is 12.8. The maximum absolute atomic E-state index is 12.8. The molecule has 0 atom stereocenters. The molecule has 0 saturated heterocycles. The topological polar surface area (TPSA) is 46.5 Å². The van der Waals surface area contributed by atoms with E-state index < -0.39 is 29.1 Å². The van der Waals surface area contributed by atoms with Gasteiger partial charge in [0.15, 0.2) is 11.5 Å². The second kappa shape index (κ2) is 3.38. The summed E-state index contributed by atoms with van der Waals surface area (Å²) >= 11 is 0. The van der Waals surface area contributed by atoms with Gasteiger partial charge in [0.25, 0.3) is 0 Å². The van der Waals surface area contributed by atoms with Gasteiger partial charge in [-0.2, -0.15) is 4.39 Å². The van der Waals surface area contributed by atoms with E-state index in [9.17, 15) is 13.6 Å². The highest BCUT2D eigenvalue weighted by Gasteiger charge is 2.12. The average molecular weight is 188 g/mol. The highest BCUT2D eigenvalue weighted by Crippen LogP contribution is 2.26. The van der Waals surface area contributed by atoms with Crippen molar-refractivity contribution >= 4 is 5.97 Å². The summed E-state index contributed by atoms with van der Waals surface area (Å²) in [4.78, 5) is 10.4. The van der Waals surface area contributed by atoms with Crippen molar-refractivity contribution in [3.8, 4) is 11.5 Å². The largest absolute Gasteiger partial charge is 0.505 e. The van der Waals surface area contributed by atoms with Crippen LogP contribution in [-0.4, -0.2) is 11.1 Å². The van der Waals surface area contributed by atoms with Gasteiger partial charge in [0.1, 0.15) is 5.82 Å². The van der Waals surface area contributed by atoms with Crippen molar-refractivity contribution in [2.24, 2.45) is 0 Å². The summed E-state index contributed by atoms with van der Waals surface area (Å²) in [6, 6.07) is 1.26. The van der Waals surface area contributed by atoms with Crippen LogP contribution in [0.5, 0.6) is 11.5 Å². The fourth-order valence-corrected chi connectivity index (χ4v) is 0.780. The number of hydrogen-bond donors (Lipinski definition) is 1.